The molecule has 6 aromatic rings. The summed E-state index contributed by atoms with van der Waals surface area (Å²) in [6.45, 7) is 0. The van der Waals surface area contributed by atoms with Gasteiger partial charge >= 0.3 is 0 Å². The summed E-state index contributed by atoms with van der Waals surface area (Å²) in [6, 6.07) is 19.3. The monoisotopic (exact) mass is 375 g/mol. The van der Waals surface area contributed by atoms with Crippen LogP contribution in [-0.4, -0.2) is 15.1 Å². The lowest BCUT2D eigenvalue weighted by Crippen LogP contribution is -1.61. The molecule has 0 N–H and O–H groups in total. The number of para-hydroxylation sites is 3. The summed E-state index contributed by atoms with van der Waals surface area (Å²) < 4.78 is 18.9. The second-order valence-electron chi connectivity index (χ2n) is 5.14. The Morgan fingerprint density at radius 1 is 0.643 bits per heavy atom. The Balaban J connectivity index is 0.000000112. The van der Waals surface area contributed by atoms with Crippen molar-refractivity contribution >= 4 is 22.1 Å². The lowest BCUT2D eigenvalue weighted by atomic mass is 10.3. The van der Waals surface area contributed by atoms with E-state index in [1.54, 1.807) is 24.7 Å². The molecule has 0 unspecified atom stereocenters. The lowest BCUT2D eigenvalue weighted by molar-refractivity contribution is 0.420. The molecule has 7 heteroatoms. The van der Waals surface area contributed by atoms with Gasteiger partial charge in [-0.2, -0.15) is 0 Å². The number of hydrogen-bond donors (Lipinski definition) is 0. The first kappa shape index (κ1) is 18.7. The topological polar surface area (TPSA) is 91.2 Å². The van der Waals surface area contributed by atoms with Crippen LogP contribution in [0.4, 0.5) is 0 Å². The highest BCUT2D eigenvalue weighted by atomic mass is 16.5. The Bertz CT molecular complexity index is 942. The van der Waals surface area contributed by atoms with Crippen LogP contribution >= 0.6 is 0 Å². The highest BCUT2D eigenvalue weighted by Gasteiger charge is 1.91. The van der Waals surface area contributed by atoms with Gasteiger partial charge in [-0.1, -0.05) is 35.5 Å². The lowest BCUT2D eigenvalue weighted by Gasteiger charge is -1.81. The van der Waals surface area contributed by atoms with Crippen LogP contribution in [-0.2, 0) is 0 Å². The molecular weight excluding hydrogens is 358 g/mol. The number of rotatable bonds is 0. The summed E-state index contributed by atoms with van der Waals surface area (Å²) in [5.41, 5.74) is 2.72. The van der Waals surface area contributed by atoms with Gasteiger partial charge in [0.15, 0.2) is 18.4 Å². The summed E-state index contributed by atoms with van der Waals surface area (Å²) in [5, 5.41) is 4.51. The fourth-order valence-electron chi connectivity index (χ4n) is 2.06. The SMILES string of the molecule is c1ccc2occc2c1.c1ccc2ocnc2c1.c1cnoc1.c1cocn1. The third-order valence-electron chi connectivity index (χ3n) is 3.29. The molecule has 4 aromatic heterocycles. The molecule has 4 heterocycles. The normalized spacial score (nSPS) is 9.43. The highest BCUT2D eigenvalue weighted by Crippen LogP contribution is 2.12. The van der Waals surface area contributed by atoms with Gasteiger partial charge in [-0.05, 0) is 30.3 Å². The van der Waals surface area contributed by atoms with E-state index in [0.29, 0.717) is 0 Å². The zero-order valence-corrected chi connectivity index (χ0v) is 14.8. The largest absolute Gasteiger partial charge is 0.464 e. The number of hydrogen-bond acceptors (Lipinski definition) is 7. The van der Waals surface area contributed by atoms with Crippen molar-refractivity contribution in [2.45, 2.75) is 0 Å². The van der Waals surface area contributed by atoms with Crippen LogP contribution in [0.1, 0.15) is 0 Å². The van der Waals surface area contributed by atoms with Crippen LogP contribution in [0.3, 0.4) is 0 Å². The molecule has 0 spiro atoms. The second kappa shape index (κ2) is 10.8. The standard InChI is InChI=1S/C8H6O.C7H5NO.2C3H3NO/c1-2-4-8-7(3-1)5-6-9-8;1-2-4-7-6(3-1)8-5-9-7;1-2-5-3-4-1;1-2-4-5-3-1/h1-6H;1-5H;2*1-3H. The van der Waals surface area contributed by atoms with E-state index in [0.717, 1.165) is 22.1 Å². The fraction of sp³-hybridized carbons (Fsp3) is 0. The van der Waals surface area contributed by atoms with Crippen molar-refractivity contribution in [1.29, 1.82) is 0 Å². The Morgan fingerprint density at radius 3 is 2.11 bits per heavy atom. The Kier molecular flexibility index (Phi) is 7.18. The minimum Gasteiger partial charge on any atom is -0.464 e. The third kappa shape index (κ3) is 5.99. The maximum Gasteiger partial charge on any atom is 0.181 e. The van der Waals surface area contributed by atoms with Crippen LogP contribution in [0.25, 0.3) is 22.1 Å². The molecule has 0 aliphatic heterocycles. The minimum absolute atomic E-state index is 0.845. The average Bonchev–Trinajstić information content (AvgIpc) is 3.56. The molecule has 0 saturated heterocycles. The van der Waals surface area contributed by atoms with Gasteiger partial charge in [0.25, 0.3) is 0 Å². The first-order valence-corrected chi connectivity index (χ1v) is 8.30. The van der Waals surface area contributed by atoms with Crippen molar-refractivity contribution in [1.82, 2.24) is 15.1 Å². The van der Waals surface area contributed by atoms with Gasteiger partial charge in [-0.25, -0.2) is 9.97 Å². The molecule has 0 bridgehead atoms. The van der Waals surface area contributed by atoms with Crippen LogP contribution in [0.5, 0.6) is 0 Å². The van der Waals surface area contributed by atoms with Crippen molar-refractivity contribution in [3.8, 4) is 0 Å². The van der Waals surface area contributed by atoms with Crippen molar-refractivity contribution in [3.05, 3.63) is 105 Å². The molecule has 140 valence electrons. The molecule has 28 heavy (non-hydrogen) atoms. The molecule has 0 atom stereocenters. The maximum atomic E-state index is 5.12. The zero-order chi connectivity index (χ0) is 19.3. The summed E-state index contributed by atoms with van der Waals surface area (Å²) in [6.07, 6.45) is 10.7. The van der Waals surface area contributed by atoms with Crippen molar-refractivity contribution < 1.29 is 17.8 Å². The molecule has 0 amide bonds. The van der Waals surface area contributed by atoms with Gasteiger partial charge < -0.3 is 17.8 Å². The van der Waals surface area contributed by atoms with Crippen molar-refractivity contribution in [3.63, 3.8) is 0 Å². The van der Waals surface area contributed by atoms with Gasteiger partial charge in [-0.15, -0.1) is 0 Å². The van der Waals surface area contributed by atoms with E-state index in [1.165, 1.54) is 25.3 Å². The van der Waals surface area contributed by atoms with E-state index in [4.69, 9.17) is 8.83 Å². The molecule has 0 aliphatic carbocycles. The minimum atomic E-state index is 0.845. The quantitative estimate of drug-likeness (QED) is 0.341. The second-order valence-corrected chi connectivity index (χ2v) is 5.14. The number of fused-ring (bicyclic) bond motifs is 2. The molecule has 0 fully saturated rings. The van der Waals surface area contributed by atoms with Crippen LogP contribution in [0.15, 0.2) is 122 Å². The first-order chi connectivity index (χ1) is 13.9. The number of nitrogens with zero attached hydrogens (tertiary/aromatic N) is 3. The van der Waals surface area contributed by atoms with Gasteiger partial charge in [0.1, 0.15) is 23.6 Å². The molecule has 0 aliphatic rings. The molecule has 0 radical (unpaired) electrons. The van der Waals surface area contributed by atoms with E-state index in [9.17, 15) is 0 Å². The molecule has 2 aromatic carbocycles. The van der Waals surface area contributed by atoms with Crippen molar-refractivity contribution in [2.24, 2.45) is 0 Å². The fourth-order valence-corrected chi connectivity index (χ4v) is 2.06. The molecule has 0 saturated carbocycles. The van der Waals surface area contributed by atoms with Crippen LogP contribution in [0, 0.1) is 0 Å². The van der Waals surface area contributed by atoms with E-state index >= 15 is 0 Å². The summed E-state index contributed by atoms with van der Waals surface area (Å²) in [4.78, 5) is 7.51. The first-order valence-electron chi connectivity index (χ1n) is 8.30. The van der Waals surface area contributed by atoms with Crippen molar-refractivity contribution in [2.75, 3.05) is 0 Å². The predicted molar refractivity (Wildman–Crippen MR) is 103 cm³/mol. The molecular formula is C21H17N3O4. The predicted octanol–water partition coefficient (Wildman–Crippen LogP) is 5.61. The van der Waals surface area contributed by atoms with Gasteiger partial charge in [-0.3, -0.25) is 0 Å². The number of benzene rings is 2. The Labute approximate surface area is 160 Å². The average molecular weight is 375 g/mol. The van der Waals surface area contributed by atoms with Crippen LogP contribution < -0.4 is 0 Å². The summed E-state index contributed by atoms with van der Waals surface area (Å²) >= 11 is 0. The third-order valence-corrected chi connectivity index (χ3v) is 3.29. The van der Waals surface area contributed by atoms with Gasteiger partial charge in [0.05, 0.1) is 18.7 Å². The summed E-state index contributed by atoms with van der Waals surface area (Å²) in [5.74, 6) is 0. The van der Waals surface area contributed by atoms with E-state index in [2.05, 4.69) is 24.1 Å². The Hall–Kier alpha value is -4.13. The molecule has 6 rings (SSSR count). The number of aromatic nitrogens is 3. The smallest absolute Gasteiger partial charge is 0.181 e. The zero-order valence-electron chi connectivity index (χ0n) is 14.8. The van der Waals surface area contributed by atoms with E-state index < -0.39 is 0 Å². The van der Waals surface area contributed by atoms with Gasteiger partial charge in [0.2, 0.25) is 0 Å². The Morgan fingerprint density at radius 2 is 1.50 bits per heavy atom. The van der Waals surface area contributed by atoms with Crippen LogP contribution in [0.2, 0.25) is 0 Å². The number of furan rings is 1. The van der Waals surface area contributed by atoms with E-state index in [1.807, 2.05) is 54.6 Å². The highest BCUT2D eigenvalue weighted by molar-refractivity contribution is 5.76. The molecule has 7 nitrogen and oxygen atoms in total. The maximum absolute atomic E-state index is 5.12. The van der Waals surface area contributed by atoms with E-state index in [-0.39, 0.29) is 0 Å². The van der Waals surface area contributed by atoms with Gasteiger partial charge in [0, 0.05) is 5.39 Å². The summed E-state index contributed by atoms with van der Waals surface area (Å²) in [7, 11) is 0. The number of oxazole rings is 2.